The zero-order valence-corrected chi connectivity index (χ0v) is 13.5. The van der Waals surface area contributed by atoms with Crippen LogP contribution in [-0.4, -0.2) is 47.5 Å². The van der Waals surface area contributed by atoms with Crippen LogP contribution < -0.4 is 10.2 Å². The second kappa shape index (κ2) is 6.73. The number of nitrogens with zero attached hydrogens (tertiary/aromatic N) is 2. The van der Waals surface area contributed by atoms with Gasteiger partial charge in [0, 0.05) is 31.9 Å². The van der Waals surface area contributed by atoms with Crippen molar-refractivity contribution in [2.75, 3.05) is 24.6 Å². The van der Waals surface area contributed by atoms with Gasteiger partial charge in [-0.3, -0.25) is 0 Å². The van der Waals surface area contributed by atoms with Crippen LogP contribution in [0.1, 0.15) is 33.3 Å². The molecular weight excluding hydrogens is 266 g/mol. The Kier molecular flexibility index (Phi) is 5.19. The number of rotatable bonds is 5. The first kappa shape index (κ1) is 16.2. The molecule has 21 heavy (non-hydrogen) atoms. The lowest BCUT2D eigenvalue weighted by atomic mass is 10.1. The summed E-state index contributed by atoms with van der Waals surface area (Å²) in [7, 11) is 0. The summed E-state index contributed by atoms with van der Waals surface area (Å²) in [5.41, 5.74) is 0.907. The lowest BCUT2D eigenvalue weighted by Crippen LogP contribution is -2.54. The summed E-state index contributed by atoms with van der Waals surface area (Å²) in [6, 6.07) is 4.62. The number of pyridine rings is 1. The van der Waals surface area contributed by atoms with Crippen LogP contribution >= 0.6 is 0 Å². The van der Waals surface area contributed by atoms with E-state index in [-0.39, 0.29) is 18.3 Å². The van der Waals surface area contributed by atoms with E-state index < -0.39 is 0 Å². The Labute approximate surface area is 127 Å². The van der Waals surface area contributed by atoms with E-state index in [1.807, 2.05) is 26.1 Å². The SMILES string of the molecule is CC(C)NCc1ccc(N2CC(CO)OC(C)(C)C2)nc1. The van der Waals surface area contributed by atoms with Gasteiger partial charge in [0.05, 0.1) is 18.3 Å². The normalized spacial score (nSPS) is 21.8. The van der Waals surface area contributed by atoms with E-state index in [0.717, 1.165) is 18.9 Å². The minimum absolute atomic E-state index is 0.0380. The Morgan fingerprint density at radius 3 is 2.81 bits per heavy atom. The Morgan fingerprint density at radius 1 is 1.48 bits per heavy atom. The van der Waals surface area contributed by atoms with Crippen LogP contribution in [0.3, 0.4) is 0 Å². The minimum atomic E-state index is -0.273. The molecule has 5 nitrogen and oxygen atoms in total. The van der Waals surface area contributed by atoms with Crippen molar-refractivity contribution >= 4 is 5.82 Å². The molecule has 0 bridgehead atoms. The van der Waals surface area contributed by atoms with E-state index in [4.69, 9.17) is 4.74 Å². The summed E-state index contributed by atoms with van der Waals surface area (Å²) in [4.78, 5) is 6.75. The molecule has 5 heteroatoms. The summed E-state index contributed by atoms with van der Waals surface area (Å²) >= 11 is 0. The average Bonchev–Trinajstić information content (AvgIpc) is 2.44. The summed E-state index contributed by atoms with van der Waals surface area (Å²) in [6.45, 7) is 10.7. The lowest BCUT2D eigenvalue weighted by Gasteiger charge is -2.42. The van der Waals surface area contributed by atoms with Crippen molar-refractivity contribution in [1.82, 2.24) is 10.3 Å². The number of morpholine rings is 1. The first-order valence-corrected chi connectivity index (χ1v) is 7.61. The molecule has 1 fully saturated rings. The lowest BCUT2D eigenvalue weighted by molar-refractivity contribution is -0.101. The van der Waals surface area contributed by atoms with Crippen LogP contribution in [0.4, 0.5) is 5.82 Å². The molecule has 1 aliphatic rings. The number of hydrogen-bond acceptors (Lipinski definition) is 5. The molecule has 2 N–H and O–H groups in total. The van der Waals surface area contributed by atoms with Crippen LogP contribution in [0.15, 0.2) is 18.3 Å². The van der Waals surface area contributed by atoms with Gasteiger partial charge in [-0.05, 0) is 25.5 Å². The highest BCUT2D eigenvalue weighted by atomic mass is 16.5. The van der Waals surface area contributed by atoms with E-state index in [2.05, 4.69) is 35.1 Å². The van der Waals surface area contributed by atoms with E-state index in [9.17, 15) is 5.11 Å². The van der Waals surface area contributed by atoms with Gasteiger partial charge in [0.2, 0.25) is 0 Å². The molecule has 1 aliphatic heterocycles. The molecular formula is C16H27N3O2. The van der Waals surface area contributed by atoms with Gasteiger partial charge in [-0.25, -0.2) is 4.98 Å². The molecule has 1 aromatic heterocycles. The first-order chi connectivity index (χ1) is 9.89. The molecule has 2 heterocycles. The van der Waals surface area contributed by atoms with Crippen LogP contribution in [0.2, 0.25) is 0 Å². The predicted molar refractivity (Wildman–Crippen MR) is 84.5 cm³/mol. The fourth-order valence-electron chi connectivity index (χ4n) is 2.60. The first-order valence-electron chi connectivity index (χ1n) is 7.61. The second-order valence-electron chi connectivity index (χ2n) is 6.62. The molecule has 118 valence electrons. The monoisotopic (exact) mass is 293 g/mol. The van der Waals surface area contributed by atoms with Crippen molar-refractivity contribution in [2.24, 2.45) is 0 Å². The molecule has 1 saturated heterocycles. The molecule has 0 aromatic carbocycles. The van der Waals surface area contributed by atoms with Gasteiger partial charge >= 0.3 is 0 Å². The van der Waals surface area contributed by atoms with Gasteiger partial charge in [-0.15, -0.1) is 0 Å². The smallest absolute Gasteiger partial charge is 0.128 e. The molecule has 0 spiro atoms. The summed E-state index contributed by atoms with van der Waals surface area (Å²) in [5.74, 6) is 0.943. The molecule has 1 unspecified atom stereocenters. The number of aliphatic hydroxyl groups excluding tert-OH is 1. The number of ether oxygens (including phenoxy) is 1. The maximum atomic E-state index is 9.37. The third kappa shape index (κ3) is 4.66. The van der Waals surface area contributed by atoms with Gasteiger partial charge in [-0.2, -0.15) is 0 Å². The van der Waals surface area contributed by atoms with Crippen molar-refractivity contribution in [2.45, 2.75) is 52.0 Å². The number of anilines is 1. The molecule has 0 saturated carbocycles. The molecule has 1 atom stereocenters. The highest BCUT2D eigenvalue weighted by molar-refractivity contribution is 5.40. The van der Waals surface area contributed by atoms with E-state index in [0.29, 0.717) is 12.6 Å². The molecule has 0 radical (unpaired) electrons. The number of aliphatic hydroxyl groups is 1. The fourth-order valence-corrected chi connectivity index (χ4v) is 2.60. The topological polar surface area (TPSA) is 57.6 Å². The number of hydrogen-bond donors (Lipinski definition) is 2. The Balaban J connectivity index is 2.03. The van der Waals surface area contributed by atoms with Gasteiger partial charge in [-0.1, -0.05) is 19.9 Å². The zero-order chi connectivity index (χ0) is 15.5. The highest BCUT2D eigenvalue weighted by Crippen LogP contribution is 2.24. The maximum Gasteiger partial charge on any atom is 0.128 e. The highest BCUT2D eigenvalue weighted by Gasteiger charge is 2.33. The zero-order valence-electron chi connectivity index (χ0n) is 13.5. The van der Waals surface area contributed by atoms with Crippen LogP contribution in [0.25, 0.3) is 0 Å². The van der Waals surface area contributed by atoms with Crippen molar-refractivity contribution < 1.29 is 9.84 Å². The molecule has 2 rings (SSSR count). The predicted octanol–water partition coefficient (Wildman–Crippen LogP) is 1.56. The Bertz CT molecular complexity index is 445. The standard InChI is InChI=1S/C16H27N3O2/c1-12(2)17-7-13-5-6-15(18-8-13)19-9-14(10-20)21-16(3,4)11-19/h5-6,8,12,14,17,20H,7,9-11H2,1-4H3. The fraction of sp³-hybridized carbons (Fsp3) is 0.688. The number of nitrogens with one attached hydrogen (secondary N) is 1. The summed E-state index contributed by atoms with van der Waals surface area (Å²) in [5, 5.41) is 12.8. The average molecular weight is 293 g/mol. The van der Waals surface area contributed by atoms with Crippen LogP contribution in [0.5, 0.6) is 0 Å². The Morgan fingerprint density at radius 2 is 2.24 bits per heavy atom. The largest absolute Gasteiger partial charge is 0.394 e. The minimum Gasteiger partial charge on any atom is -0.394 e. The van der Waals surface area contributed by atoms with E-state index in [1.165, 1.54) is 5.56 Å². The van der Waals surface area contributed by atoms with Gasteiger partial charge in [0.15, 0.2) is 0 Å². The molecule has 1 aromatic rings. The van der Waals surface area contributed by atoms with Crippen molar-refractivity contribution in [3.63, 3.8) is 0 Å². The van der Waals surface area contributed by atoms with Gasteiger partial charge < -0.3 is 20.1 Å². The second-order valence-corrected chi connectivity index (χ2v) is 6.62. The summed E-state index contributed by atoms with van der Waals surface area (Å²) in [6.07, 6.45) is 1.76. The maximum absolute atomic E-state index is 9.37. The van der Waals surface area contributed by atoms with Crippen molar-refractivity contribution in [3.05, 3.63) is 23.9 Å². The molecule has 0 aliphatic carbocycles. The third-order valence-electron chi connectivity index (χ3n) is 3.53. The van der Waals surface area contributed by atoms with E-state index >= 15 is 0 Å². The third-order valence-corrected chi connectivity index (χ3v) is 3.53. The van der Waals surface area contributed by atoms with Crippen molar-refractivity contribution in [3.8, 4) is 0 Å². The van der Waals surface area contributed by atoms with Crippen molar-refractivity contribution in [1.29, 1.82) is 0 Å². The number of aromatic nitrogens is 1. The Hall–Kier alpha value is -1.17. The molecule has 0 amide bonds. The van der Waals surface area contributed by atoms with Crippen LogP contribution in [-0.2, 0) is 11.3 Å². The summed E-state index contributed by atoms with van der Waals surface area (Å²) < 4.78 is 5.83. The van der Waals surface area contributed by atoms with Gasteiger partial charge in [0.25, 0.3) is 0 Å². The van der Waals surface area contributed by atoms with E-state index in [1.54, 1.807) is 0 Å². The quantitative estimate of drug-likeness (QED) is 0.863. The van der Waals surface area contributed by atoms with Crippen LogP contribution in [0, 0.1) is 0 Å². The van der Waals surface area contributed by atoms with Gasteiger partial charge in [0.1, 0.15) is 5.82 Å².